The van der Waals surface area contributed by atoms with Crippen molar-refractivity contribution in [3.8, 4) is 0 Å². The van der Waals surface area contributed by atoms with Crippen LogP contribution in [0.15, 0.2) is 11.1 Å². The summed E-state index contributed by atoms with van der Waals surface area (Å²) >= 11 is 0. The molecule has 56 valence electrons. The molecule has 0 aromatic carbocycles. The standard InChI is InChI=1S/C11H12/c1-4(2)10-7-5-3-6-9(10)11(6,10)8(5)7/h4,6-7,9H,3H2,1-2H3. The maximum Gasteiger partial charge on any atom is 0.00898 e. The van der Waals surface area contributed by atoms with E-state index in [2.05, 4.69) is 13.8 Å². The van der Waals surface area contributed by atoms with Gasteiger partial charge in [0.2, 0.25) is 0 Å². The maximum atomic E-state index is 2.45. The van der Waals surface area contributed by atoms with Gasteiger partial charge < -0.3 is 0 Å². The first kappa shape index (κ1) is 4.69. The third-order valence-electron chi connectivity index (χ3n) is 5.73. The minimum absolute atomic E-state index is 0.903. The summed E-state index contributed by atoms with van der Waals surface area (Å²) in [5, 5.41) is 0. The van der Waals surface area contributed by atoms with Crippen LogP contribution < -0.4 is 0 Å². The molecule has 0 heteroatoms. The van der Waals surface area contributed by atoms with Gasteiger partial charge in [-0.1, -0.05) is 25.0 Å². The topological polar surface area (TPSA) is 0 Å². The first-order valence-electron chi connectivity index (χ1n) is 5.02. The van der Waals surface area contributed by atoms with Crippen LogP contribution in [0.5, 0.6) is 0 Å². The fourth-order valence-corrected chi connectivity index (χ4v) is 5.75. The van der Waals surface area contributed by atoms with E-state index in [1.165, 1.54) is 11.8 Å². The highest BCUT2D eigenvalue weighted by Crippen LogP contribution is 3.15. The van der Waals surface area contributed by atoms with Gasteiger partial charge in [-0.05, 0) is 29.6 Å². The third-order valence-corrected chi connectivity index (χ3v) is 5.73. The van der Waals surface area contributed by atoms with Crippen molar-refractivity contribution < 1.29 is 0 Å². The molecule has 0 aromatic heterocycles. The second kappa shape index (κ2) is 0.787. The van der Waals surface area contributed by atoms with Gasteiger partial charge in [-0.25, -0.2) is 0 Å². The predicted octanol–water partition coefficient (Wildman–Crippen LogP) is 2.22. The number of hydrogen-bond donors (Lipinski definition) is 0. The fraction of sp³-hybridized carbons (Fsp3) is 0.818. The molecular weight excluding hydrogens is 132 g/mol. The summed E-state index contributed by atoms with van der Waals surface area (Å²) in [6, 6.07) is 0. The van der Waals surface area contributed by atoms with Gasteiger partial charge >= 0.3 is 0 Å². The van der Waals surface area contributed by atoms with Gasteiger partial charge in [0.05, 0.1) is 0 Å². The van der Waals surface area contributed by atoms with E-state index in [4.69, 9.17) is 0 Å². The normalized spacial score (nSPS) is 76.1. The first-order valence-corrected chi connectivity index (χ1v) is 5.02. The first-order chi connectivity index (χ1) is 5.29. The maximum absolute atomic E-state index is 2.45. The Morgan fingerprint density at radius 3 is 2.55 bits per heavy atom. The average Bonchev–Trinajstić information content (AvgIpc) is 2.73. The molecule has 0 saturated heterocycles. The molecule has 11 heavy (non-hydrogen) atoms. The van der Waals surface area contributed by atoms with Crippen LogP contribution in [-0.4, -0.2) is 0 Å². The molecule has 0 aliphatic heterocycles. The van der Waals surface area contributed by atoms with E-state index in [1.807, 2.05) is 11.1 Å². The Bertz CT molecular complexity index is 362. The zero-order valence-corrected chi connectivity index (χ0v) is 7.02. The Morgan fingerprint density at radius 2 is 2.27 bits per heavy atom. The Balaban J connectivity index is 1.81. The molecule has 5 aliphatic rings. The van der Waals surface area contributed by atoms with Crippen LogP contribution in [0, 0.1) is 34.5 Å². The van der Waals surface area contributed by atoms with E-state index in [1.54, 1.807) is 6.42 Å². The highest BCUT2D eigenvalue weighted by molar-refractivity contribution is 5.81. The zero-order chi connectivity index (χ0) is 7.17. The minimum Gasteiger partial charge on any atom is -0.0622 e. The number of hydrogen-bond acceptors (Lipinski definition) is 0. The number of allylic oxidation sites excluding steroid dienone is 2. The summed E-state index contributed by atoms with van der Waals surface area (Å²) in [4.78, 5) is 0. The van der Waals surface area contributed by atoms with Crippen molar-refractivity contribution in [1.29, 1.82) is 0 Å². The second-order valence-corrected chi connectivity index (χ2v) is 5.62. The van der Waals surface area contributed by atoms with Crippen molar-refractivity contribution >= 4 is 0 Å². The van der Waals surface area contributed by atoms with Gasteiger partial charge in [0, 0.05) is 11.3 Å². The van der Waals surface area contributed by atoms with Crippen LogP contribution in [-0.2, 0) is 0 Å². The van der Waals surface area contributed by atoms with E-state index in [0.29, 0.717) is 0 Å². The lowest BCUT2D eigenvalue weighted by molar-refractivity contribution is 0.0785. The Labute approximate surface area is 66.7 Å². The summed E-state index contributed by atoms with van der Waals surface area (Å²) in [5.74, 6) is 4.49. The molecule has 0 N–H and O–H groups in total. The quantitative estimate of drug-likeness (QED) is 0.495. The smallest absolute Gasteiger partial charge is 0.00898 e. The summed E-state index contributed by atoms with van der Waals surface area (Å²) in [6.07, 6.45) is 1.54. The molecule has 0 aromatic rings. The van der Waals surface area contributed by atoms with E-state index >= 15 is 0 Å². The summed E-state index contributed by atoms with van der Waals surface area (Å²) in [7, 11) is 0. The Hall–Kier alpha value is -0.260. The van der Waals surface area contributed by atoms with Crippen molar-refractivity contribution in [2.45, 2.75) is 20.3 Å². The second-order valence-electron chi connectivity index (χ2n) is 5.62. The van der Waals surface area contributed by atoms with Gasteiger partial charge in [0.15, 0.2) is 0 Å². The molecule has 0 nitrogen and oxygen atoms in total. The number of rotatable bonds is 1. The highest BCUT2D eigenvalue weighted by Gasteiger charge is 3.11. The third kappa shape index (κ3) is 0.169. The molecular formula is C11H12. The van der Waals surface area contributed by atoms with Crippen LogP contribution in [0.3, 0.4) is 0 Å². The molecule has 0 heterocycles. The summed E-state index contributed by atoms with van der Waals surface area (Å²) < 4.78 is 0. The lowest BCUT2D eigenvalue weighted by Crippen LogP contribution is -2.41. The molecule has 5 unspecified atom stereocenters. The lowest BCUT2D eigenvalue weighted by atomic mass is 9.57. The highest BCUT2D eigenvalue weighted by atomic mass is 15.1. The molecule has 3 saturated carbocycles. The van der Waals surface area contributed by atoms with Crippen LogP contribution in [0.1, 0.15) is 20.3 Å². The van der Waals surface area contributed by atoms with Gasteiger partial charge in [0.1, 0.15) is 0 Å². The monoisotopic (exact) mass is 144 g/mol. The molecule has 0 amide bonds. The van der Waals surface area contributed by atoms with Crippen LogP contribution in [0.2, 0.25) is 0 Å². The lowest BCUT2D eigenvalue weighted by Gasteiger charge is -2.45. The van der Waals surface area contributed by atoms with Crippen molar-refractivity contribution in [3.05, 3.63) is 11.1 Å². The molecule has 3 fully saturated rings. The SMILES string of the molecule is CC(C)C12C3C4=C3C13C(C4)C32. The van der Waals surface area contributed by atoms with Gasteiger partial charge in [-0.2, -0.15) is 0 Å². The predicted molar refractivity (Wildman–Crippen MR) is 41.8 cm³/mol. The van der Waals surface area contributed by atoms with Crippen molar-refractivity contribution in [1.82, 2.24) is 0 Å². The van der Waals surface area contributed by atoms with Gasteiger partial charge in [-0.3, -0.25) is 0 Å². The Morgan fingerprint density at radius 1 is 1.45 bits per heavy atom. The van der Waals surface area contributed by atoms with Gasteiger partial charge in [0.25, 0.3) is 0 Å². The summed E-state index contributed by atoms with van der Waals surface area (Å²) in [5.41, 5.74) is 5.74. The largest absolute Gasteiger partial charge is 0.0622 e. The molecule has 0 radical (unpaired) electrons. The van der Waals surface area contributed by atoms with Crippen LogP contribution in [0.4, 0.5) is 0 Å². The Kier molecular flexibility index (Phi) is 0.336. The average molecular weight is 144 g/mol. The van der Waals surface area contributed by atoms with Crippen molar-refractivity contribution in [3.63, 3.8) is 0 Å². The van der Waals surface area contributed by atoms with Crippen molar-refractivity contribution in [2.24, 2.45) is 34.5 Å². The molecule has 5 aliphatic carbocycles. The van der Waals surface area contributed by atoms with E-state index in [-0.39, 0.29) is 0 Å². The van der Waals surface area contributed by atoms with Gasteiger partial charge in [-0.15, -0.1) is 0 Å². The van der Waals surface area contributed by atoms with E-state index in [0.717, 1.165) is 22.7 Å². The molecule has 5 rings (SSSR count). The zero-order valence-electron chi connectivity index (χ0n) is 7.02. The molecule has 5 atom stereocenters. The van der Waals surface area contributed by atoms with Crippen LogP contribution in [0.25, 0.3) is 0 Å². The van der Waals surface area contributed by atoms with E-state index in [9.17, 15) is 0 Å². The van der Waals surface area contributed by atoms with E-state index < -0.39 is 0 Å². The number of fused-ring (bicyclic) bond motifs is 4. The molecule has 0 bridgehead atoms. The summed E-state index contributed by atoms with van der Waals surface area (Å²) in [6.45, 7) is 4.89. The fourth-order valence-electron chi connectivity index (χ4n) is 5.75. The minimum atomic E-state index is 0.903. The van der Waals surface area contributed by atoms with Crippen molar-refractivity contribution in [2.75, 3.05) is 0 Å². The molecule has 1 spiro atoms. The van der Waals surface area contributed by atoms with Crippen LogP contribution >= 0.6 is 0 Å².